The second kappa shape index (κ2) is 6.21. The lowest BCUT2D eigenvalue weighted by Crippen LogP contribution is -2.38. The number of carbonyl (C=O) groups is 1. The van der Waals surface area contributed by atoms with Gasteiger partial charge in [-0.1, -0.05) is 6.92 Å². The van der Waals surface area contributed by atoms with Crippen LogP contribution in [0.4, 0.5) is 0 Å². The highest BCUT2D eigenvalue weighted by Crippen LogP contribution is 2.20. The summed E-state index contributed by atoms with van der Waals surface area (Å²) in [5, 5.41) is 0.163. The first-order valence-electron chi connectivity index (χ1n) is 5.10. The van der Waals surface area contributed by atoms with Crippen LogP contribution in [0.15, 0.2) is 16.7 Å². The molecule has 3 nitrogen and oxygen atoms in total. The summed E-state index contributed by atoms with van der Waals surface area (Å²) in [5.74, 6) is 0.841. The molecule has 0 saturated carbocycles. The predicted octanol–water partition coefficient (Wildman–Crippen LogP) is 3.15. The van der Waals surface area contributed by atoms with Crippen LogP contribution < -0.4 is 0 Å². The Morgan fingerprint density at radius 2 is 2.38 bits per heavy atom. The third-order valence-corrected chi connectivity index (χ3v) is 3.56. The molecule has 1 aromatic rings. The molecule has 1 heterocycles. The molecule has 0 spiro atoms. The van der Waals surface area contributed by atoms with Crippen LogP contribution in [0.25, 0.3) is 0 Å². The maximum Gasteiger partial charge on any atom is 0.258 e. The second-order valence-electron chi connectivity index (χ2n) is 3.54. The van der Waals surface area contributed by atoms with Crippen LogP contribution in [-0.2, 0) is 0 Å². The fourth-order valence-corrected chi connectivity index (χ4v) is 2.54. The van der Waals surface area contributed by atoms with Crippen molar-refractivity contribution in [1.29, 1.82) is 0 Å². The van der Waals surface area contributed by atoms with E-state index < -0.39 is 0 Å². The molecule has 1 atom stereocenters. The highest BCUT2D eigenvalue weighted by atomic mass is 35.5. The van der Waals surface area contributed by atoms with E-state index in [-0.39, 0.29) is 17.2 Å². The molecule has 5 heteroatoms. The molecule has 0 bridgehead atoms. The van der Waals surface area contributed by atoms with E-state index in [1.165, 1.54) is 6.26 Å². The van der Waals surface area contributed by atoms with Crippen molar-refractivity contribution in [3.8, 4) is 0 Å². The first-order valence-corrected chi connectivity index (χ1v) is 6.88. The lowest BCUT2D eigenvalue weighted by atomic mass is 10.2. The van der Waals surface area contributed by atoms with Crippen LogP contribution in [0.1, 0.15) is 23.7 Å². The van der Waals surface area contributed by atoms with E-state index in [0.717, 1.165) is 12.2 Å². The van der Waals surface area contributed by atoms with Gasteiger partial charge in [-0.25, -0.2) is 0 Å². The minimum absolute atomic E-state index is 0.0837. The Kier molecular flexibility index (Phi) is 5.22. The molecule has 0 saturated heterocycles. The van der Waals surface area contributed by atoms with E-state index in [2.05, 4.69) is 6.92 Å². The molecule has 0 fully saturated rings. The van der Waals surface area contributed by atoms with Gasteiger partial charge in [-0.05, 0) is 30.3 Å². The van der Waals surface area contributed by atoms with E-state index in [0.29, 0.717) is 5.56 Å². The maximum absolute atomic E-state index is 12.1. The molecule has 1 unspecified atom stereocenters. The first kappa shape index (κ1) is 13.5. The summed E-state index contributed by atoms with van der Waals surface area (Å²) in [6, 6.07) is 1.83. The monoisotopic (exact) mass is 261 g/mol. The van der Waals surface area contributed by atoms with Crippen molar-refractivity contribution in [3.63, 3.8) is 0 Å². The Balaban J connectivity index is 2.77. The van der Waals surface area contributed by atoms with Crippen LogP contribution >= 0.6 is 23.4 Å². The van der Waals surface area contributed by atoms with Crippen LogP contribution in [0.5, 0.6) is 0 Å². The number of thioether (sulfide) groups is 1. The SMILES string of the molecule is CCC(CSC)N(C)C(=O)c1ccoc1Cl. The van der Waals surface area contributed by atoms with Crippen LogP contribution in [-0.4, -0.2) is 35.9 Å². The predicted molar refractivity (Wildman–Crippen MR) is 68.3 cm³/mol. The van der Waals surface area contributed by atoms with Crippen molar-refractivity contribution < 1.29 is 9.21 Å². The summed E-state index contributed by atoms with van der Waals surface area (Å²) in [7, 11) is 1.80. The molecule has 0 aromatic carbocycles. The molecule has 0 N–H and O–H groups in total. The molecule has 1 rings (SSSR count). The molecule has 16 heavy (non-hydrogen) atoms. The summed E-state index contributed by atoms with van der Waals surface area (Å²) in [5.41, 5.74) is 0.434. The van der Waals surface area contributed by atoms with Crippen molar-refractivity contribution in [2.24, 2.45) is 0 Å². The average molecular weight is 262 g/mol. The van der Waals surface area contributed by atoms with Crippen LogP contribution in [0.2, 0.25) is 5.22 Å². The highest BCUT2D eigenvalue weighted by molar-refractivity contribution is 7.98. The number of nitrogens with zero attached hydrogens (tertiary/aromatic N) is 1. The van der Waals surface area contributed by atoms with Crippen LogP contribution in [0, 0.1) is 0 Å². The van der Waals surface area contributed by atoms with Gasteiger partial charge in [0.05, 0.1) is 11.8 Å². The topological polar surface area (TPSA) is 33.5 Å². The standard InChI is InChI=1S/C11H16ClNO2S/c1-4-8(7-16-3)13(2)11(14)9-5-6-15-10(9)12/h5-6,8H,4,7H2,1-3H3. The lowest BCUT2D eigenvalue weighted by molar-refractivity contribution is 0.0743. The largest absolute Gasteiger partial charge is 0.452 e. The summed E-state index contributed by atoms with van der Waals surface area (Å²) in [4.78, 5) is 13.8. The molecular formula is C11H16ClNO2S. The number of halogens is 1. The molecular weight excluding hydrogens is 246 g/mol. The van der Waals surface area contributed by atoms with Gasteiger partial charge in [-0.15, -0.1) is 0 Å². The van der Waals surface area contributed by atoms with E-state index in [9.17, 15) is 4.79 Å². The lowest BCUT2D eigenvalue weighted by Gasteiger charge is -2.26. The van der Waals surface area contributed by atoms with Crippen molar-refractivity contribution in [1.82, 2.24) is 4.90 Å². The Bertz CT molecular complexity index is 354. The van der Waals surface area contributed by atoms with Gasteiger partial charge in [0.15, 0.2) is 0 Å². The van der Waals surface area contributed by atoms with Gasteiger partial charge in [0.1, 0.15) is 0 Å². The van der Waals surface area contributed by atoms with Gasteiger partial charge in [0.25, 0.3) is 5.91 Å². The van der Waals surface area contributed by atoms with Gasteiger partial charge < -0.3 is 9.32 Å². The number of furan rings is 1. The van der Waals surface area contributed by atoms with Crippen molar-refractivity contribution in [2.75, 3.05) is 19.1 Å². The minimum Gasteiger partial charge on any atom is -0.452 e. The zero-order valence-electron chi connectivity index (χ0n) is 9.70. The Hall–Kier alpha value is -0.610. The molecule has 1 aromatic heterocycles. The van der Waals surface area contributed by atoms with E-state index in [4.69, 9.17) is 16.0 Å². The normalized spacial score (nSPS) is 12.5. The fraction of sp³-hybridized carbons (Fsp3) is 0.545. The van der Waals surface area contributed by atoms with E-state index in [1.807, 2.05) is 6.26 Å². The molecule has 0 aliphatic rings. The van der Waals surface area contributed by atoms with Gasteiger partial charge in [0.2, 0.25) is 5.22 Å². The summed E-state index contributed by atoms with van der Waals surface area (Å²) < 4.78 is 4.92. The van der Waals surface area contributed by atoms with E-state index >= 15 is 0 Å². The van der Waals surface area contributed by atoms with Gasteiger partial charge >= 0.3 is 0 Å². The number of carbonyl (C=O) groups excluding carboxylic acids is 1. The number of amides is 1. The number of hydrogen-bond acceptors (Lipinski definition) is 3. The van der Waals surface area contributed by atoms with Gasteiger partial charge in [-0.2, -0.15) is 11.8 Å². The third kappa shape index (κ3) is 2.95. The summed E-state index contributed by atoms with van der Waals surface area (Å²) in [6.45, 7) is 2.07. The van der Waals surface area contributed by atoms with Crippen LogP contribution in [0.3, 0.4) is 0 Å². The van der Waals surface area contributed by atoms with Gasteiger partial charge in [-0.3, -0.25) is 4.79 Å². The summed E-state index contributed by atoms with van der Waals surface area (Å²) >= 11 is 7.52. The fourth-order valence-electron chi connectivity index (χ4n) is 1.50. The Morgan fingerprint density at radius 1 is 1.69 bits per heavy atom. The zero-order valence-corrected chi connectivity index (χ0v) is 11.3. The Labute approximate surface area is 105 Å². The quantitative estimate of drug-likeness (QED) is 0.816. The van der Waals surface area contributed by atoms with Crippen molar-refractivity contribution in [3.05, 3.63) is 23.1 Å². The molecule has 90 valence electrons. The zero-order chi connectivity index (χ0) is 12.1. The highest BCUT2D eigenvalue weighted by Gasteiger charge is 2.22. The van der Waals surface area contributed by atoms with Gasteiger partial charge in [0, 0.05) is 18.8 Å². The van der Waals surface area contributed by atoms with Crippen molar-refractivity contribution in [2.45, 2.75) is 19.4 Å². The number of rotatable bonds is 5. The number of hydrogen-bond donors (Lipinski definition) is 0. The summed E-state index contributed by atoms with van der Waals surface area (Å²) in [6.07, 6.45) is 4.39. The maximum atomic E-state index is 12.1. The first-order chi connectivity index (χ1) is 7.61. The minimum atomic E-state index is -0.0837. The average Bonchev–Trinajstić information content (AvgIpc) is 2.70. The smallest absolute Gasteiger partial charge is 0.258 e. The Morgan fingerprint density at radius 3 is 2.81 bits per heavy atom. The third-order valence-electron chi connectivity index (χ3n) is 2.55. The van der Waals surface area contributed by atoms with E-state index in [1.54, 1.807) is 29.8 Å². The molecule has 0 aliphatic heterocycles. The molecule has 0 aliphatic carbocycles. The second-order valence-corrected chi connectivity index (χ2v) is 4.80. The van der Waals surface area contributed by atoms with Crippen molar-refractivity contribution >= 4 is 29.3 Å². The molecule has 0 radical (unpaired) electrons. The molecule has 1 amide bonds.